The van der Waals surface area contributed by atoms with Crippen molar-refractivity contribution in [2.75, 3.05) is 26.2 Å². The van der Waals surface area contributed by atoms with E-state index in [-0.39, 0.29) is 16.0 Å². The van der Waals surface area contributed by atoms with E-state index in [2.05, 4.69) is 14.9 Å². The van der Waals surface area contributed by atoms with Crippen LogP contribution in [-0.4, -0.2) is 51.4 Å². The van der Waals surface area contributed by atoms with Gasteiger partial charge in [-0.3, -0.25) is 4.79 Å². The van der Waals surface area contributed by atoms with E-state index < -0.39 is 16.1 Å². The van der Waals surface area contributed by atoms with Gasteiger partial charge in [0.2, 0.25) is 5.91 Å². The molecule has 1 atom stereocenters. The minimum absolute atomic E-state index is 0.130. The first-order chi connectivity index (χ1) is 11.4. The molecule has 0 aliphatic carbocycles. The molecule has 2 N–H and O–H groups in total. The molecule has 8 heteroatoms. The van der Waals surface area contributed by atoms with Gasteiger partial charge in [0.15, 0.2) is 0 Å². The van der Waals surface area contributed by atoms with Crippen molar-refractivity contribution in [2.24, 2.45) is 5.92 Å². The predicted molar refractivity (Wildman–Crippen MR) is 96.6 cm³/mol. The minimum atomic E-state index is -3.65. The Morgan fingerprint density at radius 3 is 2.58 bits per heavy atom. The van der Waals surface area contributed by atoms with Crippen LogP contribution < -0.4 is 10.0 Å². The van der Waals surface area contributed by atoms with Crippen molar-refractivity contribution in [3.05, 3.63) is 17.5 Å². The molecular weight excluding hydrogens is 346 g/mol. The highest BCUT2D eigenvalue weighted by molar-refractivity contribution is 7.91. The summed E-state index contributed by atoms with van der Waals surface area (Å²) in [4.78, 5) is 14.8. The van der Waals surface area contributed by atoms with Crippen LogP contribution in [0.15, 0.2) is 21.7 Å². The Hall–Kier alpha value is -0.960. The standard InChI is InChI=1S/C16H27N3O3S2/c1-13(2)15(18-24(21,22)14-7-6-12-23-14)16(20)17-8-11-19-9-4-3-5-10-19/h6-7,12-13,15,18H,3-5,8-11H2,1-2H3,(H,17,20)/t15-/m1/s1. The molecule has 1 amide bonds. The van der Waals surface area contributed by atoms with E-state index in [1.54, 1.807) is 17.5 Å². The third kappa shape index (κ3) is 5.54. The topological polar surface area (TPSA) is 78.5 Å². The van der Waals surface area contributed by atoms with Gasteiger partial charge in [-0.05, 0) is 43.3 Å². The summed E-state index contributed by atoms with van der Waals surface area (Å²) in [6, 6.07) is 2.46. The highest BCUT2D eigenvalue weighted by Crippen LogP contribution is 2.17. The molecule has 136 valence electrons. The summed E-state index contributed by atoms with van der Waals surface area (Å²) in [5.41, 5.74) is 0. The van der Waals surface area contributed by atoms with Crippen molar-refractivity contribution in [2.45, 2.75) is 43.4 Å². The van der Waals surface area contributed by atoms with Crippen LogP contribution in [0.1, 0.15) is 33.1 Å². The van der Waals surface area contributed by atoms with E-state index in [4.69, 9.17) is 0 Å². The Morgan fingerprint density at radius 1 is 1.29 bits per heavy atom. The maximum atomic E-state index is 12.4. The summed E-state index contributed by atoms with van der Waals surface area (Å²) in [5.74, 6) is -0.392. The van der Waals surface area contributed by atoms with Crippen molar-refractivity contribution < 1.29 is 13.2 Å². The molecular formula is C16H27N3O3S2. The first-order valence-electron chi connectivity index (χ1n) is 8.46. The molecule has 1 saturated heterocycles. The van der Waals surface area contributed by atoms with Crippen LogP contribution in [0.5, 0.6) is 0 Å². The molecule has 1 aliphatic heterocycles. The van der Waals surface area contributed by atoms with Crippen LogP contribution in [0.3, 0.4) is 0 Å². The van der Waals surface area contributed by atoms with Crippen molar-refractivity contribution in [1.29, 1.82) is 0 Å². The summed E-state index contributed by atoms with van der Waals surface area (Å²) < 4.78 is 27.5. The fourth-order valence-electron chi connectivity index (χ4n) is 2.76. The lowest BCUT2D eigenvalue weighted by Crippen LogP contribution is -2.50. The average molecular weight is 374 g/mol. The number of sulfonamides is 1. The fourth-order valence-corrected chi connectivity index (χ4v) is 5.12. The predicted octanol–water partition coefficient (Wildman–Crippen LogP) is 1.65. The number of nitrogens with zero attached hydrogens (tertiary/aromatic N) is 1. The number of amides is 1. The van der Waals surface area contributed by atoms with Gasteiger partial charge in [0.05, 0.1) is 0 Å². The number of thiophene rings is 1. The summed E-state index contributed by atoms with van der Waals surface area (Å²) in [5, 5.41) is 4.58. The fraction of sp³-hybridized carbons (Fsp3) is 0.688. The lowest BCUT2D eigenvalue weighted by atomic mass is 10.1. The molecule has 0 radical (unpaired) electrons. The van der Waals surface area contributed by atoms with Gasteiger partial charge >= 0.3 is 0 Å². The number of rotatable bonds is 8. The monoisotopic (exact) mass is 373 g/mol. The van der Waals surface area contributed by atoms with Gasteiger partial charge in [-0.2, -0.15) is 4.72 Å². The summed E-state index contributed by atoms with van der Waals surface area (Å²) in [6.07, 6.45) is 3.70. The lowest BCUT2D eigenvalue weighted by Gasteiger charge is -2.27. The van der Waals surface area contributed by atoms with Gasteiger partial charge in [0.1, 0.15) is 10.3 Å². The Labute approximate surface area is 148 Å². The van der Waals surface area contributed by atoms with Crippen LogP contribution in [-0.2, 0) is 14.8 Å². The van der Waals surface area contributed by atoms with E-state index in [1.807, 2.05) is 13.8 Å². The number of nitrogens with one attached hydrogen (secondary N) is 2. The molecule has 2 rings (SSSR count). The summed E-state index contributed by atoms with van der Waals surface area (Å²) >= 11 is 1.14. The molecule has 1 aromatic rings. The highest BCUT2D eigenvalue weighted by atomic mass is 32.2. The molecule has 0 aromatic carbocycles. The zero-order valence-corrected chi connectivity index (χ0v) is 16.0. The number of carbonyl (C=O) groups excluding carboxylic acids is 1. The second-order valence-electron chi connectivity index (χ2n) is 6.47. The van der Waals surface area contributed by atoms with E-state index in [0.29, 0.717) is 6.54 Å². The van der Waals surface area contributed by atoms with Gasteiger partial charge in [0.25, 0.3) is 10.0 Å². The SMILES string of the molecule is CC(C)[C@@H](NS(=O)(=O)c1cccs1)C(=O)NCCN1CCCCC1. The van der Waals surface area contributed by atoms with Crippen LogP contribution in [0, 0.1) is 5.92 Å². The van der Waals surface area contributed by atoms with Gasteiger partial charge in [-0.1, -0.05) is 26.3 Å². The van der Waals surface area contributed by atoms with Crippen molar-refractivity contribution in [3.8, 4) is 0 Å². The van der Waals surface area contributed by atoms with E-state index >= 15 is 0 Å². The molecule has 1 aliphatic rings. The van der Waals surface area contributed by atoms with Gasteiger partial charge < -0.3 is 10.2 Å². The maximum Gasteiger partial charge on any atom is 0.250 e. The Kier molecular flexibility index (Phi) is 7.21. The summed E-state index contributed by atoms with van der Waals surface area (Å²) in [7, 11) is -3.65. The molecule has 24 heavy (non-hydrogen) atoms. The number of carbonyl (C=O) groups is 1. The molecule has 0 spiro atoms. The van der Waals surface area contributed by atoms with Crippen molar-refractivity contribution in [3.63, 3.8) is 0 Å². The van der Waals surface area contributed by atoms with Gasteiger partial charge in [0, 0.05) is 13.1 Å². The first-order valence-corrected chi connectivity index (χ1v) is 10.8. The Balaban J connectivity index is 1.88. The van der Waals surface area contributed by atoms with Crippen LogP contribution in [0.4, 0.5) is 0 Å². The van der Waals surface area contributed by atoms with Gasteiger partial charge in [-0.25, -0.2) is 8.42 Å². The number of likely N-dealkylation sites (tertiary alicyclic amines) is 1. The molecule has 1 fully saturated rings. The second-order valence-corrected chi connectivity index (χ2v) is 9.36. The lowest BCUT2D eigenvalue weighted by molar-refractivity contribution is -0.123. The smallest absolute Gasteiger partial charge is 0.250 e. The Morgan fingerprint density at radius 2 is 2.00 bits per heavy atom. The quantitative estimate of drug-likeness (QED) is 0.726. The van der Waals surface area contributed by atoms with Crippen LogP contribution >= 0.6 is 11.3 Å². The molecule has 0 bridgehead atoms. The van der Waals surface area contributed by atoms with E-state index in [9.17, 15) is 13.2 Å². The molecule has 6 nitrogen and oxygen atoms in total. The number of hydrogen-bond donors (Lipinski definition) is 2. The highest BCUT2D eigenvalue weighted by Gasteiger charge is 2.28. The Bertz CT molecular complexity index is 609. The zero-order chi connectivity index (χ0) is 17.6. The van der Waals surface area contributed by atoms with Crippen LogP contribution in [0.2, 0.25) is 0 Å². The second kappa shape index (κ2) is 8.94. The number of hydrogen-bond acceptors (Lipinski definition) is 5. The molecule has 1 aromatic heterocycles. The van der Waals surface area contributed by atoms with Crippen molar-refractivity contribution >= 4 is 27.3 Å². The van der Waals surface area contributed by atoms with E-state index in [1.165, 1.54) is 19.3 Å². The van der Waals surface area contributed by atoms with Crippen molar-refractivity contribution in [1.82, 2.24) is 14.9 Å². The molecule has 2 heterocycles. The zero-order valence-electron chi connectivity index (χ0n) is 14.3. The third-order valence-electron chi connectivity index (χ3n) is 4.17. The normalized spacial score (nSPS) is 17.8. The maximum absolute atomic E-state index is 12.4. The first kappa shape index (κ1) is 19.4. The van der Waals surface area contributed by atoms with Gasteiger partial charge in [-0.15, -0.1) is 11.3 Å². The largest absolute Gasteiger partial charge is 0.353 e. The van der Waals surface area contributed by atoms with E-state index in [0.717, 1.165) is 31.0 Å². The molecule has 0 saturated carbocycles. The third-order valence-corrected chi connectivity index (χ3v) is 7.01. The minimum Gasteiger partial charge on any atom is -0.353 e. The number of piperidine rings is 1. The average Bonchev–Trinajstić information content (AvgIpc) is 3.09. The summed E-state index contributed by atoms with van der Waals surface area (Å²) in [6.45, 7) is 7.19. The molecule has 0 unspecified atom stereocenters. The van der Waals surface area contributed by atoms with Crippen LogP contribution in [0.25, 0.3) is 0 Å².